The Morgan fingerprint density at radius 3 is 2.62 bits per heavy atom. The number of nitrogens with zero attached hydrogens (tertiary/aromatic N) is 4. The summed E-state index contributed by atoms with van der Waals surface area (Å²) in [7, 11) is 0. The predicted octanol–water partition coefficient (Wildman–Crippen LogP) is 1.87. The van der Waals surface area contributed by atoms with Gasteiger partial charge in [-0.15, -0.1) is 0 Å². The lowest BCUT2D eigenvalue weighted by Gasteiger charge is -2.36. The van der Waals surface area contributed by atoms with Crippen molar-refractivity contribution in [2.24, 2.45) is 0 Å². The summed E-state index contributed by atoms with van der Waals surface area (Å²) in [6.45, 7) is 4.46. The van der Waals surface area contributed by atoms with E-state index < -0.39 is 0 Å². The smallest absolute Gasteiger partial charge is 0.260 e. The second-order valence-electron chi connectivity index (χ2n) is 7.13. The van der Waals surface area contributed by atoms with E-state index in [4.69, 9.17) is 4.52 Å². The Bertz CT molecular complexity index is 1020. The number of amides is 1. The maximum Gasteiger partial charge on any atom is 0.260 e. The standard InChI is InChI=1S/C21H23N5O3/c1-15(20-23-18(24-29-20)14-16-6-3-2-4-7-16)25-10-12-26(13-11-25)21(28)17-8-5-9-22-19(17)27/h2-9,15H,10-14H2,1H3,(H,22,27)/t15-/m1/s1. The normalized spacial score (nSPS) is 16.0. The van der Waals surface area contributed by atoms with Crippen molar-refractivity contribution in [2.45, 2.75) is 19.4 Å². The minimum Gasteiger partial charge on any atom is -0.338 e. The van der Waals surface area contributed by atoms with Crippen LogP contribution in [-0.2, 0) is 6.42 Å². The summed E-state index contributed by atoms with van der Waals surface area (Å²) in [5.41, 5.74) is 0.956. The first kappa shape index (κ1) is 19.1. The van der Waals surface area contributed by atoms with Crippen LogP contribution in [0.1, 0.15) is 40.6 Å². The van der Waals surface area contributed by atoms with E-state index in [9.17, 15) is 9.59 Å². The van der Waals surface area contributed by atoms with Gasteiger partial charge in [-0.25, -0.2) is 0 Å². The van der Waals surface area contributed by atoms with Crippen LogP contribution in [0.2, 0.25) is 0 Å². The third kappa shape index (κ3) is 4.27. The number of carbonyl (C=O) groups is 1. The molecule has 0 bridgehead atoms. The molecule has 0 saturated carbocycles. The molecule has 3 aromatic rings. The zero-order valence-corrected chi connectivity index (χ0v) is 16.2. The lowest BCUT2D eigenvalue weighted by atomic mass is 10.1. The minimum atomic E-state index is -0.356. The molecule has 29 heavy (non-hydrogen) atoms. The number of benzene rings is 1. The second kappa shape index (κ2) is 8.40. The Morgan fingerprint density at radius 1 is 1.14 bits per heavy atom. The molecule has 1 aliphatic heterocycles. The maximum absolute atomic E-state index is 12.6. The van der Waals surface area contributed by atoms with E-state index in [0.29, 0.717) is 44.3 Å². The monoisotopic (exact) mass is 393 g/mol. The molecule has 1 aromatic carbocycles. The molecule has 1 N–H and O–H groups in total. The summed E-state index contributed by atoms with van der Waals surface area (Å²) in [5, 5.41) is 4.10. The van der Waals surface area contributed by atoms with Crippen LogP contribution in [0.3, 0.4) is 0 Å². The molecule has 1 fully saturated rings. The van der Waals surface area contributed by atoms with Crippen LogP contribution in [0.5, 0.6) is 0 Å². The van der Waals surface area contributed by atoms with E-state index in [0.717, 1.165) is 5.56 Å². The number of hydrogen-bond acceptors (Lipinski definition) is 6. The first-order chi connectivity index (χ1) is 14.1. The quantitative estimate of drug-likeness (QED) is 0.711. The third-order valence-electron chi connectivity index (χ3n) is 5.24. The van der Waals surface area contributed by atoms with Crippen molar-refractivity contribution in [1.29, 1.82) is 0 Å². The molecule has 150 valence electrons. The van der Waals surface area contributed by atoms with E-state index in [2.05, 4.69) is 20.0 Å². The highest BCUT2D eigenvalue weighted by atomic mass is 16.5. The Kier molecular flexibility index (Phi) is 5.53. The molecular formula is C21H23N5O3. The van der Waals surface area contributed by atoms with Crippen LogP contribution in [0, 0.1) is 0 Å². The van der Waals surface area contributed by atoms with Crippen LogP contribution in [0.4, 0.5) is 0 Å². The number of piperazine rings is 1. The Morgan fingerprint density at radius 2 is 1.90 bits per heavy atom. The fourth-order valence-corrected chi connectivity index (χ4v) is 3.52. The molecule has 1 saturated heterocycles. The average molecular weight is 393 g/mol. The molecule has 0 spiro atoms. The number of hydrogen-bond donors (Lipinski definition) is 1. The fourth-order valence-electron chi connectivity index (χ4n) is 3.52. The molecule has 1 atom stereocenters. The van der Waals surface area contributed by atoms with Crippen molar-refractivity contribution in [1.82, 2.24) is 24.9 Å². The Labute approximate surface area is 168 Å². The van der Waals surface area contributed by atoms with Gasteiger partial charge >= 0.3 is 0 Å². The first-order valence-corrected chi connectivity index (χ1v) is 9.69. The molecule has 3 heterocycles. The molecule has 1 amide bonds. The molecule has 4 rings (SSSR count). The van der Waals surface area contributed by atoms with Gasteiger partial charge in [0.1, 0.15) is 5.56 Å². The van der Waals surface area contributed by atoms with E-state index in [1.54, 1.807) is 17.0 Å². The van der Waals surface area contributed by atoms with E-state index >= 15 is 0 Å². The van der Waals surface area contributed by atoms with Crippen molar-refractivity contribution < 1.29 is 9.32 Å². The van der Waals surface area contributed by atoms with Gasteiger partial charge in [0.15, 0.2) is 5.82 Å². The largest absolute Gasteiger partial charge is 0.338 e. The molecule has 8 nitrogen and oxygen atoms in total. The molecule has 8 heteroatoms. The lowest BCUT2D eigenvalue weighted by Crippen LogP contribution is -2.50. The van der Waals surface area contributed by atoms with Crippen molar-refractivity contribution in [3.05, 3.63) is 81.9 Å². The number of pyridine rings is 1. The Balaban J connectivity index is 1.36. The topological polar surface area (TPSA) is 95.3 Å². The highest BCUT2D eigenvalue weighted by molar-refractivity contribution is 5.93. The van der Waals surface area contributed by atoms with Crippen molar-refractivity contribution in [3.63, 3.8) is 0 Å². The van der Waals surface area contributed by atoms with E-state index in [1.807, 2.05) is 37.3 Å². The highest BCUT2D eigenvalue weighted by Crippen LogP contribution is 2.21. The maximum atomic E-state index is 12.6. The summed E-state index contributed by atoms with van der Waals surface area (Å²) in [6, 6.07) is 13.2. The van der Waals surface area contributed by atoms with Gasteiger partial charge in [-0.2, -0.15) is 4.98 Å². The lowest BCUT2D eigenvalue weighted by molar-refractivity contribution is 0.0550. The van der Waals surface area contributed by atoms with Gasteiger partial charge in [-0.3, -0.25) is 14.5 Å². The SMILES string of the molecule is C[C@H](c1nc(Cc2ccccc2)no1)N1CCN(C(=O)c2ccc[nH]c2=O)CC1. The van der Waals surface area contributed by atoms with Gasteiger partial charge in [0.05, 0.1) is 6.04 Å². The molecule has 2 aromatic heterocycles. The van der Waals surface area contributed by atoms with Crippen LogP contribution in [0.15, 0.2) is 58.0 Å². The first-order valence-electron chi connectivity index (χ1n) is 9.69. The fraction of sp³-hybridized carbons (Fsp3) is 0.333. The molecule has 1 aliphatic rings. The van der Waals surface area contributed by atoms with Gasteiger partial charge in [-0.1, -0.05) is 35.5 Å². The van der Waals surface area contributed by atoms with Crippen LogP contribution >= 0.6 is 0 Å². The number of aromatic amines is 1. The third-order valence-corrected chi connectivity index (χ3v) is 5.24. The van der Waals surface area contributed by atoms with Gasteiger partial charge < -0.3 is 14.4 Å². The van der Waals surface area contributed by atoms with Crippen molar-refractivity contribution in [2.75, 3.05) is 26.2 Å². The molecule has 0 unspecified atom stereocenters. The number of aromatic nitrogens is 3. The zero-order valence-electron chi connectivity index (χ0n) is 16.2. The van der Waals surface area contributed by atoms with Crippen LogP contribution in [0.25, 0.3) is 0 Å². The zero-order chi connectivity index (χ0) is 20.2. The van der Waals surface area contributed by atoms with Gasteiger partial charge in [0, 0.05) is 38.8 Å². The summed E-state index contributed by atoms with van der Waals surface area (Å²) in [5.74, 6) is 1.01. The van der Waals surface area contributed by atoms with E-state index in [-0.39, 0.29) is 23.1 Å². The summed E-state index contributed by atoms with van der Waals surface area (Å²) in [4.78, 5) is 35.5. The summed E-state index contributed by atoms with van der Waals surface area (Å²) in [6.07, 6.45) is 2.15. The Hall–Kier alpha value is -3.26. The number of carbonyl (C=O) groups excluding carboxylic acids is 1. The number of rotatable bonds is 5. The highest BCUT2D eigenvalue weighted by Gasteiger charge is 2.28. The van der Waals surface area contributed by atoms with Crippen molar-refractivity contribution >= 4 is 5.91 Å². The van der Waals surface area contributed by atoms with Crippen LogP contribution in [-0.4, -0.2) is 57.0 Å². The molecule has 0 aliphatic carbocycles. The average Bonchev–Trinajstić information content (AvgIpc) is 3.22. The number of nitrogens with one attached hydrogen (secondary N) is 1. The summed E-state index contributed by atoms with van der Waals surface area (Å²) >= 11 is 0. The minimum absolute atomic E-state index is 0.0376. The van der Waals surface area contributed by atoms with Crippen LogP contribution < -0.4 is 5.56 Å². The predicted molar refractivity (Wildman–Crippen MR) is 107 cm³/mol. The van der Waals surface area contributed by atoms with E-state index in [1.165, 1.54) is 6.20 Å². The van der Waals surface area contributed by atoms with Gasteiger partial charge in [-0.05, 0) is 24.6 Å². The van der Waals surface area contributed by atoms with Gasteiger partial charge in [0.25, 0.3) is 11.5 Å². The molecular weight excluding hydrogens is 370 g/mol. The molecule has 0 radical (unpaired) electrons. The second-order valence-corrected chi connectivity index (χ2v) is 7.13. The van der Waals surface area contributed by atoms with Gasteiger partial charge in [0.2, 0.25) is 5.89 Å². The van der Waals surface area contributed by atoms with Crippen molar-refractivity contribution in [3.8, 4) is 0 Å². The number of H-pyrrole nitrogens is 1. The summed E-state index contributed by atoms with van der Waals surface area (Å²) < 4.78 is 5.48.